The zero-order valence-electron chi connectivity index (χ0n) is 10.4. The Morgan fingerprint density at radius 2 is 1.89 bits per heavy atom. The summed E-state index contributed by atoms with van der Waals surface area (Å²) in [6.07, 6.45) is 0.939. The Balaban J connectivity index is 2.59. The van der Waals surface area contributed by atoms with Crippen LogP contribution in [0.2, 0.25) is 5.28 Å². The zero-order chi connectivity index (χ0) is 13.4. The Kier molecular flexibility index (Phi) is 6.13. The van der Waals surface area contributed by atoms with Gasteiger partial charge >= 0.3 is 5.97 Å². The van der Waals surface area contributed by atoms with E-state index in [4.69, 9.17) is 16.3 Å². The quantitative estimate of drug-likeness (QED) is 0.724. The van der Waals surface area contributed by atoms with Crippen molar-refractivity contribution in [3.8, 4) is 0 Å². The van der Waals surface area contributed by atoms with Crippen molar-refractivity contribution in [2.45, 2.75) is 20.3 Å². The van der Waals surface area contributed by atoms with Crippen LogP contribution >= 0.6 is 11.6 Å². The van der Waals surface area contributed by atoms with Crippen molar-refractivity contribution in [3.05, 3.63) is 5.28 Å². The van der Waals surface area contributed by atoms with E-state index in [0.29, 0.717) is 12.6 Å². The molecule has 0 unspecified atom stereocenters. The summed E-state index contributed by atoms with van der Waals surface area (Å²) >= 11 is 5.75. The van der Waals surface area contributed by atoms with Crippen LogP contribution in [0.5, 0.6) is 0 Å². The van der Waals surface area contributed by atoms with Gasteiger partial charge in [0.15, 0.2) is 0 Å². The predicted molar refractivity (Wildman–Crippen MR) is 68.7 cm³/mol. The topological polar surface area (TPSA) is 89.0 Å². The lowest BCUT2D eigenvalue weighted by molar-refractivity contribution is -0.140. The van der Waals surface area contributed by atoms with E-state index in [2.05, 4.69) is 25.6 Å². The first-order valence-electron chi connectivity index (χ1n) is 5.70. The highest BCUT2D eigenvalue weighted by Crippen LogP contribution is 2.09. The van der Waals surface area contributed by atoms with Gasteiger partial charge in [-0.1, -0.05) is 6.92 Å². The first-order valence-corrected chi connectivity index (χ1v) is 6.08. The van der Waals surface area contributed by atoms with Crippen LogP contribution in [-0.4, -0.2) is 40.6 Å². The molecule has 100 valence electrons. The van der Waals surface area contributed by atoms with Crippen molar-refractivity contribution in [1.82, 2.24) is 15.0 Å². The van der Waals surface area contributed by atoms with Gasteiger partial charge in [-0.2, -0.15) is 15.0 Å². The molecule has 18 heavy (non-hydrogen) atoms. The summed E-state index contributed by atoms with van der Waals surface area (Å²) in [6, 6.07) is 0. The predicted octanol–water partition coefficient (Wildman–Crippen LogP) is 1.32. The van der Waals surface area contributed by atoms with Crippen LogP contribution in [0.15, 0.2) is 0 Å². The largest absolute Gasteiger partial charge is 0.465 e. The molecule has 0 aromatic carbocycles. The molecule has 1 aromatic heterocycles. The van der Waals surface area contributed by atoms with Crippen LogP contribution in [0.1, 0.15) is 20.3 Å². The van der Waals surface area contributed by atoms with Crippen molar-refractivity contribution < 1.29 is 9.53 Å². The van der Waals surface area contributed by atoms with E-state index in [1.165, 1.54) is 0 Å². The number of halogens is 1. The zero-order valence-corrected chi connectivity index (χ0v) is 11.1. The normalized spacial score (nSPS) is 9.94. The second-order valence-electron chi connectivity index (χ2n) is 3.34. The Morgan fingerprint density at radius 3 is 2.50 bits per heavy atom. The minimum atomic E-state index is -0.378. The molecule has 0 aliphatic rings. The maximum absolute atomic E-state index is 11.2. The van der Waals surface area contributed by atoms with Gasteiger partial charge in [-0.3, -0.25) is 4.79 Å². The Bertz CT molecular complexity index is 402. The van der Waals surface area contributed by atoms with Crippen molar-refractivity contribution in [3.63, 3.8) is 0 Å². The summed E-state index contributed by atoms with van der Waals surface area (Å²) < 4.78 is 4.77. The van der Waals surface area contributed by atoms with Crippen molar-refractivity contribution in [2.75, 3.05) is 30.3 Å². The molecule has 0 aliphatic carbocycles. The van der Waals surface area contributed by atoms with E-state index in [9.17, 15) is 4.79 Å². The van der Waals surface area contributed by atoms with Gasteiger partial charge in [0.2, 0.25) is 17.2 Å². The molecule has 1 rings (SSSR count). The first-order chi connectivity index (χ1) is 8.65. The number of carbonyl (C=O) groups is 1. The van der Waals surface area contributed by atoms with Gasteiger partial charge in [0.1, 0.15) is 6.54 Å². The lowest BCUT2D eigenvalue weighted by atomic mass is 10.5. The molecular weight excluding hydrogens is 258 g/mol. The molecule has 0 saturated heterocycles. The Morgan fingerprint density at radius 1 is 1.22 bits per heavy atom. The van der Waals surface area contributed by atoms with Crippen LogP contribution in [0, 0.1) is 0 Å². The fourth-order valence-corrected chi connectivity index (χ4v) is 1.27. The SMILES string of the molecule is CCCNc1nc(Cl)nc(NCC(=O)OCC)n1. The molecule has 0 saturated carbocycles. The minimum Gasteiger partial charge on any atom is -0.465 e. The molecule has 0 amide bonds. The van der Waals surface area contributed by atoms with Gasteiger partial charge in [0.25, 0.3) is 0 Å². The van der Waals surface area contributed by atoms with Crippen LogP contribution in [0.4, 0.5) is 11.9 Å². The fraction of sp³-hybridized carbons (Fsp3) is 0.600. The number of ether oxygens (including phenoxy) is 1. The number of aromatic nitrogens is 3. The molecule has 0 aliphatic heterocycles. The fourth-order valence-electron chi connectivity index (χ4n) is 1.11. The van der Waals surface area contributed by atoms with Gasteiger partial charge in [0, 0.05) is 6.54 Å². The molecular formula is C10H16ClN5O2. The van der Waals surface area contributed by atoms with Crippen molar-refractivity contribution >= 4 is 29.5 Å². The van der Waals surface area contributed by atoms with Gasteiger partial charge in [-0.05, 0) is 24.9 Å². The van der Waals surface area contributed by atoms with Crippen LogP contribution in [0.3, 0.4) is 0 Å². The standard InChI is InChI=1S/C10H16ClN5O2/c1-3-5-12-9-14-8(11)15-10(16-9)13-6-7(17)18-4-2/h3-6H2,1-2H3,(H2,12,13,14,15,16). The average molecular weight is 274 g/mol. The van der Waals surface area contributed by atoms with Crippen molar-refractivity contribution in [1.29, 1.82) is 0 Å². The lowest BCUT2D eigenvalue weighted by Crippen LogP contribution is -2.18. The Hall–Kier alpha value is -1.63. The summed E-state index contributed by atoms with van der Waals surface area (Å²) in [5.41, 5.74) is 0. The van der Waals surface area contributed by atoms with E-state index in [1.54, 1.807) is 6.92 Å². The van der Waals surface area contributed by atoms with Crippen LogP contribution in [0.25, 0.3) is 0 Å². The summed E-state index contributed by atoms with van der Waals surface area (Å²) in [5.74, 6) is 0.238. The molecule has 8 heteroatoms. The van der Waals surface area contributed by atoms with Gasteiger partial charge in [0.05, 0.1) is 6.61 Å². The molecule has 0 bridgehead atoms. The second-order valence-corrected chi connectivity index (χ2v) is 3.68. The summed E-state index contributed by atoms with van der Waals surface area (Å²) in [7, 11) is 0. The number of nitrogens with zero attached hydrogens (tertiary/aromatic N) is 3. The molecule has 0 atom stereocenters. The molecule has 0 fully saturated rings. The van der Waals surface area contributed by atoms with Gasteiger partial charge in [-0.15, -0.1) is 0 Å². The number of nitrogens with one attached hydrogen (secondary N) is 2. The average Bonchev–Trinajstić information content (AvgIpc) is 2.34. The first kappa shape index (κ1) is 14.4. The number of anilines is 2. The van der Waals surface area contributed by atoms with Crippen LogP contribution in [-0.2, 0) is 9.53 Å². The smallest absolute Gasteiger partial charge is 0.325 e. The maximum atomic E-state index is 11.2. The summed E-state index contributed by atoms with van der Waals surface area (Å²) in [4.78, 5) is 23.0. The maximum Gasteiger partial charge on any atom is 0.325 e. The van der Waals surface area contributed by atoms with Gasteiger partial charge in [-0.25, -0.2) is 0 Å². The Labute approximate surface area is 110 Å². The van der Waals surface area contributed by atoms with E-state index >= 15 is 0 Å². The lowest BCUT2D eigenvalue weighted by Gasteiger charge is -2.07. The van der Waals surface area contributed by atoms with Crippen LogP contribution < -0.4 is 10.6 Å². The third kappa shape index (κ3) is 5.13. The highest BCUT2D eigenvalue weighted by atomic mass is 35.5. The van der Waals surface area contributed by atoms with Crippen molar-refractivity contribution in [2.24, 2.45) is 0 Å². The third-order valence-corrected chi connectivity index (χ3v) is 2.01. The van der Waals surface area contributed by atoms with E-state index in [1.807, 2.05) is 6.92 Å². The molecule has 1 heterocycles. The molecule has 1 aromatic rings. The number of carbonyl (C=O) groups excluding carboxylic acids is 1. The minimum absolute atomic E-state index is 0.0125. The second kappa shape index (κ2) is 7.65. The number of hydrogen-bond acceptors (Lipinski definition) is 7. The van der Waals surface area contributed by atoms with E-state index in [-0.39, 0.29) is 23.7 Å². The number of hydrogen-bond donors (Lipinski definition) is 2. The summed E-state index contributed by atoms with van der Waals surface area (Å²) in [5, 5.41) is 5.78. The third-order valence-electron chi connectivity index (χ3n) is 1.84. The van der Waals surface area contributed by atoms with Gasteiger partial charge < -0.3 is 15.4 Å². The molecule has 0 radical (unpaired) electrons. The summed E-state index contributed by atoms with van der Waals surface area (Å²) in [6.45, 7) is 4.82. The molecule has 7 nitrogen and oxygen atoms in total. The molecule has 0 spiro atoms. The van der Waals surface area contributed by atoms with E-state index < -0.39 is 0 Å². The highest BCUT2D eigenvalue weighted by Gasteiger charge is 2.06. The van der Waals surface area contributed by atoms with E-state index in [0.717, 1.165) is 13.0 Å². The highest BCUT2D eigenvalue weighted by molar-refractivity contribution is 6.28. The monoisotopic (exact) mass is 273 g/mol. The number of rotatable bonds is 7. The number of esters is 1. The molecule has 2 N–H and O–H groups in total.